The van der Waals surface area contributed by atoms with Gasteiger partial charge < -0.3 is 28.4 Å². The normalized spacial score (nSPS) is 29.0. The van der Waals surface area contributed by atoms with Crippen molar-refractivity contribution in [2.75, 3.05) is 6.61 Å². The fraction of sp³-hybridized carbons (Fsp3) is 0.806. The maximum Gasteiger partial charge on any atom is 0.314 e. The molecular formula is C108H168F6O9. The largest absolute Gasteiger partial charge is 0.490 e. The van der Waals surface area contributed by atoms with Gasteiger partial charge in [0.2, 0.25) is 23.3 Å². The number of unbranched alkanes of at least 4 members (excludes halogenated alkanes) is 10. The number of carbonyl (C=O) groups excluding carboxylic acids is 3. The lowest BCUT2D eigenvalue weighted by Gasteiger charge is -2.38. The third kappa shape index (κ3) is 31.9. The second-order valence-corrected chi connectivity index (χ2v) is 41.6. The van der Waals surface area contributed by atoms with Gasteiger partial charge in [-0.3, -0.25) is 14.4 Å². The molecule has 3 aromatic carbocycles. The summed E-state index contributed by atoms with van der Waals surface area (Å²) in [5.41, 5.74) is 0.700. The van der Waals surface area contributed by atoms with Crippen molar-refractivity contribution in [1.29, 1.82) is 0 Å². The van der Waals surface area contributed by atoms with Crippen LogP contribution in [-0.4, -0.2) is 36.7 Å². The van der Waals surface area contributed by atoms with Gasteiger partial charge in [-0.2, -0.15) is 17.6 Å². The molecule has 0 saturated heterocycles. The Labute approximate surface area is 742 Å². The van der Waals surface area contributed by atoms with Crippen LogP contribution in [0.15, 0.2) is 36.4 Å². The molecular weight excluding hydrogens is 1560 g/mol. The van der Waals surface area contributed by atoms with Crippen LogP contribution < -0.4 is 18.9 Å². The van der Waals surface area contributed by atoms with E-state index in [1.54, 1.807) is 0 Å². The maximum absolute atomic E-state index is 14.9. The van der Waals surface area contributed by atoms with Gasteiger partial charge in [0.05, 0.1) is 49.8 Å². The molecule has 9 aliphatic carbocycles. The molecule has 0 N–H and O–H groups in total. The van der Waals surface area contributed by atoms with Gasteiger partial charge >= 0.3 is 17.9 Å². The highest BCUT2D eigenvalue weighted by Crippen LogP contribution is 2.49. The average Bonchev–Trinajstić information content (AvgIpc) is 0.823. The molecule has 123 heavy (non-hydrogen) atoms. The highest BCUT2D eigenvalue weighted by atomic mass is 19.2. The van der Waals surface area contributed by atoms with Crippen LogP contribution in [0.2, 0.25) is 0 Å². The maximum atomic E-state index is 14.9. The molecule has 0 heterocycles. The number of halogens is 6. The summed E-state index contributed by atoms with van der Waals surface area (Å²) in [5.74, 6) is 0.596. The number of benzene rings is 3. The predicted molar refractivity (Wildman–Crippen MR) is 485 cm³/mol. The minimum absolute atomic E-state index is 0.0359. The topological polar surface area (TPSA) is 107 Å². The van der Waals surface area contributed by atoms with Gasteiger partial charge in [0.25, 0.3) is 0 Å². The molecule has 696 valence electrons. The Hall–Kier alpha value is -4.63. The molecule has 0 atom stereocenters. The summed E-state index contributed by atoms with van der Waals surface area (Å²) in [6.07, 6.45) is 68.0. The van der Waals surface area contributed by atoms with Crippen LogP contribution >= 0.6 is 0 Å². The molecule has 0 amide bonds. The van der Waals surface area contributed by atoms with Crippen molar-refractivity contribution in [3.8, 4) is 23.0 Å². The molecule has 3 aromatic rings. The molecule has 0 radical (unpaired) electrons. The predicted octanol–water partition coefficient (Wildman–Crippen LogP) is 32.1. The Morgan fingerprint density at radius 2 is 0.537 bits per heavy atom. The van der Waals surface area contributed by atoms with Crippen LogP contribution in [-0.2, 0) is 37.1 Å². The van der Waals surface area contributed by atoms with Crippen LogP contribution in [0.4, 0.5) is 26.3 Å². The molecule has 9 fully saturated rings. The fourth-order valence-electron chi connectivity index (χ4n) is 23.7. The number of esters is 3. The van der Waals surface area contributed by atoms with E-state index in [1.165, 1.54) is 255 Å². The van der Waals surface area contributed by atoms with Crippen LogP contribution in [0.25, 0.3) is 0 Å². The highest BCUT2D eigenvalue weighted by molar-refractivity contribution is 5.76. The minimum atomic E-state index is -1.13. The van der Waals surface area contributed by atoms with Gasteiger partial charge in [-0.25, -0.2) is 8.78 Å². The molecule has 15 heteroatoms. The van der Waals surface area contributed by atoms with Crippen LogP contribution in [0, 0.1) is 135 Å². The summed E-state index contributed by atoms with van der Waals surface area (Å²) in [6, 6.07) is 8.55. The van der Waals surface area contributed by atoms with Crippen molar-refractivity contribution in [3.63, 3.8) is 0 Å². The average molecular weight is 1720 g/mol. The third-order valence-electron chi connectivity index (χ3n) is 32.8. The van der Waals surface area contributed by atoms with Gasteiger partial charge in [0, 0.05) is 11.1 Å². The van der Waals surface area contributed by atoms with E-state index in [9.17, 15) is 40.7 Å². The summed E-state index contributed by atoms with van der Waals surface area (Å²) >= 11 is 0. The fourth-order valence-corrected chi connectivity index (χ4v) is 23.7. The molecule has 9 saturated carbocycles. The monoisotopic (exact) mass is 1720 g/mol. The van der Waals surface area contributed by atoms with Gasteiger partial charge in [-0.15, -0.1) is 0 Å². The summed E-state index contributed by atoms with van der Waals surface area (Å²) in [4.78, 5) is 38.6. The number of hydrogen-bond donors (Lipinski definition) is 0. The first-order valence-electron chi connectivity index (χ1n) is 51.6. The Balaban J connectivity index is 0.000000193. The summed E-state index contributed by atoms with van der Waals surface area (Å²) in [6.45, 7) is 18.7. The molecule has 0 spiro atoms. The van der Waals surface area contributed by atoms with Gasteiger partial charge in [-0.05, 0) is 299 Å². The van der Waals surface area contributed by atoms with Crippen molar-refractivity contribution in [2.24, 2.45) is 100 Å². The van der Waals surface area contributed by atoms with E-state index in [0.29, 0.717) is 41.6 Å². The number of hydrogen-bond acceptors (Lipinski definition) is 9. The standard InChI is InChI=1S/3C36H56F2O3/c1-5-7-8-9-25-10-12-26(13-11-25)27-14-16-28(17-15-27)35(39)41-32-23-18-29(33(37)34(32)38)24-40-31-21-19-30(20-22-31)36(3,4)6-2;1-3-5-7-9-26-11-15-28(16-12-26)29-17-19-30(20-18-29)36(39)41-33-24-21-31(34(37)35(33)38)25-40-32-22-13-27(14-23-32)10-8-6-4-2;1-3-5-7-9-26-11-13-28(14-12-26)25-40-32-23-24-33(35(38)34(32)37)41-36(39)31-21-19-30(20-22-31)29-17-15-27(16-18-29)10-8-6-4-2/h18,23,25-28,30-31H,5-17,19-22,24H2,1-4H3;21,24,26-30,32H,3-20,22-23,25H2,1-2H3;23-24,26-31H,3-22,25H2,1-2H3. The first kappa shape index (κ1) is 101. The zero-order chi connectivity index (χ0) is 87.5. The summed E-state index contributed by atoms with van der Waals surface area (Å²) < 4.78 is 123. The van der Waals surface area contributed by atoms with E-state index in [1.807, 2.05) is 0 Å². The highest BCUT2D eigenvalue weighted by Gasteiger charge is 2.40. The first-order valence-corrected chi connectivity index (χ1v) is 51.6. The lowest BCUT2D eigenvalue weighted by atomic mass is 9.68. The van der Waals surface area contributed by atoms with Gasteiger partial charge in [0.15, 0.2) is 34.6 Å². The Morgan fingerprint density at radius 3 is 0.837 bits per heavy atom. The molecule has 0 bridgehead atoms. The summed E-state index contributed by atoms with van der Waals surface area (Å²) in [5, 5.41) is 0. The summed E-state index contributed by atoms with van der Waals surface area (Å²) in [7, 11) is 0. The quantitative estimate of drug-likeness (QED) is 0.0238. The Kier molecular flexibility index (Phi) is 43.7. The van der Waals surface area contributed by atoms with Crippen LogP contribution in [0.3, 0.4) is 0 Å². The van der Waals surface area contributed by atoms with Gasteiger partial charge in [0.1, 0.15) is 0 Å². The van der Waals surface area contributed by atoms with Gasteiger partial charge in [-0.1, -0.05) is 242 Å². The molecule has 0 aliphatic heterocycles. The zero-order valence-electron chi connectivity index (χ0n) is 78.2. The van der Waals surface area contributed by atoms with Crippen molar-refractivity contribution < 1.29 is 69.1 Å². The number of ether oxygens (including phenoxy) is 6. The lowest BCUT2D eigenvalue weighted by Crippen LogP contribution is -2.30. The smallest absolute Gasteiger partial charge is 0.314 e. The van der Waals surface area contributed by atoms with Crippen molar-refractivity contribution >= 4 is 17.9 Å². The van der Waals surface area contributed by atoms with Crippen molar-refractivity contribution in [3.05, 3.63) is 82.4 Å². The third-order valence-corrected chi connectivity index (χ3v) is 32.8. The van der Waals surface area contributed by atoms with Crippen molar-refractivity contribution in [2.45, 2.75) is 447 Å². The molecule has 9 aliphatic rings. The Morgan fingerprint density at radius 1 is 0.293 bits per heavy atom. The first-order chi connectivity index (χ1) is 59.7. The molecule has 0 unspecified atom stereocenters. The number of carbonyl (C=O) groups is 3. The lowest BCUT2D eigenvalue weighted by molar-refractivity contribution is -0.141. The van der Waals surface area contributed by atoms with E-state index < -0.39 is 52.8 Å². The van der Waals surface area contributed by atoms with E-state index in [0.717, 1.165) is 195 Å². The zero-order valence-corrected chi connectivity index (χ0v) is 78.2. The van der Waals surface area contributed by atoms with E-state index in [4.69, 9.17) is 28.4 Å². The van der Waals surface area contributed by atoms with E-state index >= 15 is 0 Å². The number of rotatable bonds is 40. The molecule has 12 rings (SSSR count). The van der Waals surface area contributed by atoms with E-state index in [2.05, 4.69) is 55.4 Å². The SMILES string of the molecule is CCCCCC1CCC(C2CCC(C(=O)Oc3ccc(COC4CCC(C(C)(C)CC)CC4)c(F)c3F)CC2)CC1.CCCCCC1CCC(COc2ccc(OC(=O)C3CCC(C4CCC(CCCCC)CC4)CC3)c(F)c2F)CC1.CCCCCC1CCC(OCc2ccc(OC(=O)C3CCC(C4CCC(CCCCC)CC4)CC3)c(F)c2F)CC1. The van der Waals surface area contributed by atoms with Crippen LogP contribution in [0.5, 0.6) is 23.0 Å². The minimum Gasteiger partial charge on any atom is -0.490 e. The second kappa shape index (κ2) is 53.5. The molecule has 0 aromatic heterocycles. The van der Waals surface area contributed by atoms with Crippen molar-refractivity contribution in [1.82, 2.24) is 0 Å². The molecule has 9 nitrogen and oxygen atoms in total. The van der Waals surface area contributed by atoms with E-state index in [-0.39, 0.29) is 77.3 Å². The van der Waals surface area contributed by atoms with Crippen LogP contribution in [0.1, 0.15) is 433 Å². The second-order valence-electron chi connectivity index (χ2n) is 41.6. The Bertz CT molecular complexity index is 3340.